The number of likely N-dealkylation sites (tertiary alicyclic amines) is 1. The van der Waals surface area contributed by atoms with Gasteiger partial charge in [-0.1, -0.05) is 36.4 Å². The molecule has 2 fully saturated rings. The number of carbonyl (C=O) groups is 1. The molecule has 0 aromatic heterocycles. The summed E-state index contributed by atoms with van der Waals surface area (Å²) < 4.78 is 6.07. The summed E-state index contributed by atoms with van der Waals surface area (Å²) in [4.78, 5) is 15.3. The summed E-state index contributed by atoms with van der Waals surface area (Å²) in [7, 11) is 0. The average Bonchev–Trinajstić information content (AvgIpc) is 3.09. The predicted molar refractivity (Wildman–Crippen MR) is 107 cm³/mol. The summed E-state index contributed by atoms with van der Waals surface area (Å²) in [5, 5.41) is 22.5. The molecule has 1 spiro atoms. The Hall–Kier alpha value is -2.37. The number of rotatable bonds is 3. The Morgan fingerprint density at radius 1 is 1.14 bits per heavy atom. The Balaban J connectivity index is 1.43. The van der Waals surface area contributed by atoms with E-state index < -0.39 is 17.1 Å². The minimum absolute atomic E-state index is 0.0397. The molecule has 150 valence electrons. The van der Waals surface area contributed by atoms with E-state index in [0.717, 1.165) is 37.1 Å². The van der Waals surface area contributed by atoms with Crippen molar-refractivity contribution in [2.24, 2.45) is 0 Å². The van der Waals surface area contributed by atoms with Crippen LogP contribution in [0.25, 0.3) is 0 Å². The van der Waals surface area contributed by atoms with Crippen LogP contribution >= 0.6 is 0 Å². The SMILES string of the molecule is O=C1CC[C@@]2(O)[C@@H]3Cc4ccc(O)c5c4[C@@]2(CCN3CCc2ccccc2)[C@H]1O5. The lowest BCUT2D eigenvalue weighted by Gasteiger charge is -2.62. The van der Waals surface area contributed by atoms with Crippen molar-refractivity contribution in [3.05, 3.63) is 59.2 Å². The largest absolute Gasteiger partial charge is 0.504 e. The monoisotopic (exact) mass is 391 g/mol. The molecule has 2 aromatic rings. The molecule has 5 nitrogen and oxygen atoms in total. The van der Waals surface area contributed by atoms with Crippen LogP contribution in [0.2, 0.25) is 0 Å². The highest BCUT2D eigenvalue weighted by atomic mass is 16.5. The lowest BCUT2D eigenvalue weighted by Crippen LogP contribution is -2.76. The van der Waals surface area contributed by atoms with Gasteiger partial charge >= 0.3 is 0 Å². The number of aliphatic hydroxyl groups is 1. The highest BCUT2D eigenvalue weighted by Crippen LogP contribution is 2.64. The Kier molecular flexibility index (Phi) is 3.52. The molecule has 2 bridgehead atoms. The number of nitrogens with zero attached hydrogens (tertiary/aromatic N) is 1. The highest BCUT2D eigenvalue weighted by molar-refractivity contribution is 5.90. The van der Waals surface area contributed by atoms with E-state index in [1.165, 1.54) is 5.56 Å². The number of Topliss-reactive ketones (excluding diaryl/α,β-unsaturated/α-hetero) is 1. The molecule has 2 N–H and O–H groups in total. The van der Waals surface area contributed by atoms with Crippen molar-refractivity contribution < 1.29 is 19.7 Å². The van der Waals surface area contributed by atoms with E-state index in [0.29, 0.717) is 25.0 Å². The van der Waals surface area contributed by atoms with Gasteiger partial charge in [0, 0.05) is 24.6 Å². The fraction of sp³-hybridized carbons (Fsp3) is 0.458. The van der Waals surface area contributed by atoms with Gasteiger partial charge in [-0.05, 0) is 49.4 Å². The number of aromatic hydroxyl groups is 1. The summed E-state index contributed by atoms with van der Waals surface area (Å²) >= 11 is 0. The van der Waals surface area contributed by atoms with Crippen LogP contribution in [0.5, 0.6) is 11.5 Å². The first-order valence-electron chi connectivity index (χ1n) is 10.6. The van der Waals surface area contributed by atoms with E-state index in [2.05, 4.69) is 29.2 Å². The van der Waals surface area contributed by atoms with Crippen LogP contribution in [0.4, 0.5) is 0 Å². The smallest absolute Gasteiger partial charge is 0.174 e. The van der Waals surface area contributed by atoms with Crippen molar-refractivity contribution in [2.75, 3.05) is 13.1 Å². The molecule has 4 atom stereocenters. The molecule has 6 rings (SSSR count). The second-order valence-electron chi connectivity index (χ2n) is 9.05. The lowest BCUT2D eigenvalue weighted by molar-refractivity contribution is -0.188. The maximum absolute atomic E-state index is 12.8. The number of benzene rings is 2. The predicted octanol–water partition coefficient (Wildman–Crippen LogP) is 2.36. The topological polar surface area (TPSA) is 70.0 Å². The molecule has 0 unspecified atom stereocenters. The van der Waals surface area contributed by atoms with E-state index in [9.17, 15) is 15.0 Å². The Bertz CT molecular complexity index is 1010. The highest BCUT2D eigenvalue weighted by Gasteiger charge is 2.73. The fourth-order valence-electron chi connectivity index (χ4n) is 6.60. The Morgan fingerprint density at radius 2 is 1.97 bits per heavy atom. The van der Waals surface area contributed by atoms with Gasteiger partial charge < -0.3 is 14.9 Å². The molecule has 4 aliphatic rings. The zero-order valence-electron chi connectivity index (χ0n) is 16.3. The van der Waals surface area contributed by atoms with E-state index >= 15 is 0 Å². The van der Waals surface area contributed by atoms with Crippen LogP contribution < -0.4 is 4.74 Å². The third-order valence-corrected chi connectivity index (χ3v) is 7.90. The number of carbonyl (C=O) groups excluding carboxylic acids is 1. The van der Waals surface area contributed by atoms with Gasteiger partial charge in [-0.15, -0.1) is 0 Å². The first-order valence-corrected chi connectivity index (χ1v) is 10.6. The maximum Gasteiger partial charge on any atom is 0.174 e. The van der Waals surface area contributed by atoms with Gasteiger partial charge in [-0.2, -0.15) is 0 Å². The van der Waals surface area contributed by atoms with E-state index in [1.807, 2.05) is 12.1 Å². The van der Waals surface area contributed by atoms with Crippen molar-refractivity contribution in [3.63, 3.8) is 0 Å². The standard InChI is InChI=1S/C24H25NO4/c26-17-7-6-16-14-19-24(28)10-8-18(27)22-23(24,20(16)21(17)29-22)11-13-25(19)12-9-15-4-2-1-3-5-15/h1-7,19,22,26,28H,8-14H2/t19-,22-,23-,24+/m0/s1. The Labute approximate surface area is 169 Å². The minimum Gasteiger partial charge on any atom is -0.504 e. The number of hydrogen-bond donors (Lipinski definition) is 2. The molecule has 2 aliphatic carbocycles. The minimum atomic E-state index is -1.01. The van der Waals surface area contributed by atoms with Gasteiger partial charge in [0.15, 0.2) is 23.4 Å². The zero-order chi connectivity index (χ0) is 19.8. The van der Waals surface area contributed by atoms with Crippen molar-refractivity contribution in [3.8, 4) is 11.5 Å². The molecule has 2 aromatic carbocycles. The van der Waals surface area contributed by atoms with Gasteiger partial charge in [-0.3, -0.25) is 9.69 Å². The molecule has 5 heteroatoms. The van der Waals surface area contributed by atoms with Gasteiger partial charge in [0.1, 0.15) is 0 Å². The summed E-state index contributed by atoms with van der Waals surface area (Å²) in [5.41, 5.74) is 1.57. The first kappa shape index (κ1) is 17.5. The van der Waals surface area contributed by atoms with Crippen LogP contribution in [0.1, 0.15) is 36.0 Å². The second-order valence-corrected chi connectivity index (χ2v) is 9.05. The average molecular weight is 391 g/mol. The van der Waals surface area contributed by atoms with E-state index in [-0.39, 0.29) is 17.6 Å². The molecule has 2 aliphatic heterocycles. The maximum atomic E-state index is 12.8. The molecule has 0 amide bonds. The number of ketones is 1. The van der Waals surface area contributed by atoms with Crippen LogP contribution in [0.15, 0.2) is 42.5 Å². The number of hydrogen-bond acceptors (Lipinski definition) is 5. The molecular formula is C24H25NO4. The zero-order valence-corrected chi connectivity index (χ0v) is 16.3. The summed E-state index contributed by atoms with van der Waals surface area (Å²) in [6.07, 6.45) is 2.45. The molecule has 1 saturated heterocycles. The molecular weight excluding hydrogens is 366 g/mol. The van der Waals surface area contributed by atoms with Crippen LogP contribution in [0.3, 0.4) is 0 Å². The molecule has 29 heavy (non-hydrogen) atoms. The van der Waals surface area contributed by atoms with Gasteiger partial charge in [-0.25, -0.2) is 0 Å². The summed E-state index contributed by atoms with van der Waals surface area (Å²) in [6, 6.07) is 14.0. The van der Waals surface area contributed by atoms with Crippen LogP contribution in [0, 0.1) is 0 Å². The van der Waals surface area contributed by atoms with Gasteiger partial charge in [0.25, 0.3) is 0 Å². The van der Waals surface area contributed by atoms with Crippen molar-refractivity contribution in [2.45, 2.75) is 55.3 Å². The van der Waals surface area contributed by atoms with Gasteiger partial charge in [0.2, 0.25) is 0 Å². The van der Waals surface area contributed by atoms with Crippen molar-refractivity contribution >= 4 is 5.78 Å². The first-order chi connectivity index (χ1) is 14.0. The van der Waals surface area contributed by atoms with Crippen LogP contribution in [-0.2, 0) is 23.1 Å². The molecule has 0 radical (unpaired) electrons. The lowest BCUT2D eigenvalue weighted by atomic mass is 9.49. The number of ether oxygens (including phenoxy) is 1. The van der Waals surface area contributed by atoms with Gasteiger partial charge in [0.05, 0.1) is 11.0 Å². The van der Waals surface area contributed by atoms with Crippen molar-refractivity contribution in [1.82, 2.24) is 4.90 Å². The third-order valence-electron chi connectivity index (χ3n) is 7.90. The third kappa shape index (κ3) is 2.10. The number of phenolic OH excluding ortho intramolecular Hbond substituents is 1. The fourth-order valence-corrected chi connectivity index (χ4v) is 6.60. The Morgan fingerprint density at radius 3 is 2.79 bits per heavy atom. The number of piperidine rings is 1. The van der Waals surface area contributed by atoms with Crippen LogP contribution in [-0.4, -0.2) is 51.7 Å². The summed E-state index contributed by atoms with van der Waals surface area (Å²) in [6.45, 7) is 1.70. The van der Waals surface area contributed by atoms with Crippen molar-refractivity contribution in [1.29, 1.82) is 0 Å². The molecule has 1 saturated carbocycles. The second kappa shape index (κ2) is 5.83. The molecule has 2 heterocycles. The normalized spacial score (nSPS) is 34.6. The number of phenols is 1. The summed E-state index contributed by atoms with van der Waals surface area (Å²) in [5.74, 6) is 0.555. The quantitative estimate of drug-likeness (QED) is 0.841. The van der Waals surface area contributed by atoms with E-state index in [4.69, 9.17) is 4.74 Å². The van der Waals surface area contributed by atoms with E-state index in [1.54, 1.807) is 6.07 Å².